The van der Waals surface area contributed by atoms with E-state index >= 15 is 0 Å². The number of rotatable bonds is 8. The van der Waals surface area contributed by atoms with Crippen molar-refractivity contribution in [1.82, 2.24) is 5.32 Å². The normalized spacial score (nSPS) is 11.7. The van der Waals surface area contributed by atoms with Crippen molar-refractivity contribution < 1.29 is 19.1 Å². The molecule has 0 spiro atoms. The van der Waals surface area contributed by atoms with Crippen LogP contribution in [-0.2, 0) is 16.0 Å². The van der Waals surface area contributed by atoms with E-state index in [1.54, 1.807) is 24.3 Å². The summed E-state index contributed by atoms with van der Waals surface area (Å²) < 4.78 is 10.2. The number of carbonyl (C=O) groups is 2. The third-order valence-electron chi connectivity index (χ3n) is 4.16. The van der Waals surface area contributed by atoms with E-state index in [0.717, 1.165) is 12.0 Å². The van der Waals surface area contributed by atoms with Crippen LogP contribution < -0.4 is 10.1 Å². The smallest absolute Gasteiger partial charge is 0.342 e. The van der Waals surface area contributed by atoms with Gasteiger partial charge >= 0.3 is 5.97 Å². The van der Waals surface area contributed by atoms with E-state index in [9.17, 15) is 9.59 Å². The molecule has 1 N–H and O–H groups in total. The molecule has 0 bridgehead atoms. The summed E-state index contributed by atoms with van der Waals surface area (Å²) in [6, 6.07) is 14.8. The number of hydrogen-bond acceptors (Lipinski definition) is 4. The molecule has 0 fully saturated rings. The molecule has 0 saturated heterocycles. The predicted molar refractivity (Wildman–Crippen MR) is 105 cm³/mol. The lowest BCUT2D eigenvalue weighted by atomic mass is 10.00. The van der Waals surface area contributed by atoms with E-state index in [0.29, 0.717) is 17.2 Å². The molecule has 2 aromatic carbocycles. The fourth-order valence-electron chi connectivity index (χ4n) is 2.80. The molecule has 1 atom stereocenters. The summed E-state index contributed by atoms with van der Waals surface area (Å²) in [7, 11) is 1.48. The Kier molecular flexibility index (Phi) is 7.41. The molecule has 27 heavy (non-hydrogen) atoms. The first-order valence-corrected chi connectivity index (χ1v) is 9.09. The maximum atomic E-state index is 12.1. The number of methoxy groups -OCH3 is 1. The molecule has 0 aromatic heterocycles. The van der Waals surface area contributed by atoms with Crippen LogP contribution in [0.2, 0.25) is 0 Å². The van der Waals surface area contributed by atoms with Crippen molar-refractivity contribution >= 4 is 11.9 Å². The Morgan fingerprint density at radius 2 is 1.67 bits per heavy atom. The van der Waals surface area contributed by atoms with Crippen molar-refractivity contribution in [3.63, 3.8) is 0 Å². The molecule has 0 aliphatic heterocycles. The minimum Gasteiger partial charge on any atom is -0.496 e. The Labute approximate surface area is 160 Å². The first-order valence-electron chi connectivity index (χ1n) is 9.09. The molecule has 2 rings (SSSR count). The highest BCUT2D eigenvalue weighted by Gasteiger charge is 2.16. The molecular weight excluding hydrogens is 342 g/mol. The Balaban J connectivity index is 1.86. The molecule has 5 heteroatoms. The van der Waals surface area contributed by atoms with Crippen LogP contribution in [0.25, 0.3) is 0 Å². The van der Waals surface area contributed by atoms with E-state index in [2.05, 4.69) is 31.3 Å². The fraction of sp³-hybridized carbons (Fsp3) is 0.364. The molecule has 0 radical (unpaired) electrons. The Morgan fingerprint density at radius 1 is 1.00 bits per heavy atom. The van der Waals surface area contributed by atoms with Gasteiger partial charge in [0.25, 0.3) is 5.91 Å². The second-order valence-electron chi connectivity index (χ2n) is 6.91. The van der Waals surface area contributed by atoms with E-state index < -0.39 is 5.97 Å². The minimum atomic E-state index is -0.590. The SMILES string of the molecule is COc1ccccc1C(=O)OCC(=O)N[C@H](C)c1ccc(CC(C)C)cc1. The van der Waals surface area contributed by atoms with Gasteiger partial charge in [0, 0.05) is 0 Å². The number of para-hydroxylation sites is 1. The third-order valence-corrected chi connectivity index (χ3v) is 4.16. The first kappa shape index (κ1) is 20.5. The van der Waals surface area contributed by atoms with Crippen LogP contribution in [0.4, 0.5) is 0 Å². The second kappa shape index (κ2) is 9.76. The van der Waals surface area contributed by atoms with Crippen molar-refractivity contribution in [2.45, 2.75) is 33.2 Å². The van der Waals surface area contributed by atoms with Gasteiger partial charge in [-0.2, -0.15) is 0 Å². The van der Waals surface area contributed by atoms with E-state index in [1.165, 1.54) is 12.7 Å². The highest BCUT2D eigenvalue weighted by Crippen LogP contribution is 2.18. The molecule has 5 nitrogen and oxygen atoms in total. The van der Waals surface area contributed by atoms with Gasteiger partial charge in [-0.1, -0.05) is 50.2 Å². The lowest BCUT2D eigenvalue weighted by Crippen LogP contribution is -2.31. The van der Waals surface area contributed by atoms with Gasteiger partial charge in [-0.15, -0.1) is 0 Å². The van der Waals surface area contributed by atoms with Crippen LogP contribution in [0.1, 0.15) is 48.3 Å². The van der Waals surface area contributed by atoms with Crippen molar-refractivity contribution in [2.75, 3.05) is 13.7 Å². The number of hydrogen-bond donors (Lipinski definition) is 1. The minimum absolute atomic E-state index is 0.171. The molecular formula is C22H27NO4. The number of benzene rings is 2. The van der Waals surface area contributed by atoms with Gasteiger partial charge in [0.1, 0.15) is 11.3 Å². The number of nitrogens with one attached hydrogen (secondary N) is 1. The quantitative estimate of drug-likeness (QED) is 0.716. The van der Waals surface area contributed by atoms with Crippen molar-refractivity contribution in [2.24, 2.45) is 5.92 Å². The second-order valence-corrected chi connectivity index (χ2v) is 6.91. The van der Waals surface area contributed by atoms with Gasteiger partial charge in [0.05, 0.1) is 13.2 Å². The Hall–Kier alpha value is -2.82. The van der Waals surface area contributed by atoms with Crippen LogP contribution in [0.3, 0.4) is 0 Å². The summed E-state index contributed by atoms with van der Waals surface area (Å²) >= 11 is 0. The maximum absolute atomic E-state index is 12.1. The van der Waals surface area contributed by atoms with Crippen LogP contribution >= 0.6 is 0 Å². The van der Waals surface area contributed by atoms with Crippen molar-refractivity contribution in [3.8, 4) is 5.75 Å². The van der Waals surface area contributed by atoms with E-state index in [-0.39, 0.29) is 18.6 Å². The average Bonchev–Trinajstić information content (AvgIpc) is 2.66. The van der Waals surface area contributed by atoms with Crippen LogP contribution in [-0.4, -0.2) is 25.6 Å². The zero-order chi connectivity index (χ0) is 19.8. The predicted octanol–water partition coefficient (Wildman–Crippen LogP) is 3.93. The van der Waals surface area contributed by atoms with Crippen LogP contribution in [0, 0.1) is 5.92 Å². The number of ether oxygens (including phenoxy) is 2. The van der Waals surface area contributed by atoms with Gasteiger partial charge < -0.3 is 14.8 Å². The molecule has 2 aromatic rings. The lowest BCUT2D eigenvalue weighted by Gasteiger charge is -2.15. The molecule has 1 amide bonds. The lowest BCUT2D eigenvalue weighted by molar-refractivity contribution is -0.124. The van der Waals surface area contributed by atoms with Gasteiger partial charge in [-0.05, 0) is 42.5 Å². The van der Waals surface area contributed by atoms with Gasteiger partial charge in [-0.3, -0.25) is 4.79 Å². The summed E-state index contributed by atoms with van der Waals surface area (Å²) in [6.07, 6.45) is 1.03. The third kappa shape index (κ3) is 6.13. The van der Waals surface area contributed by atoms with Crippen molar-refractivity contribution in [3.05, 3.63) is 65.2 Å². The zero-order valence-electron chi connectivity index (χ0n) is 16.3. The van der Waals surface area contributed by atoms with Crippen LogP contribution in [0.5, 0.6) is 5.75 Å². The maximum Gasteiger partial charge on any atom is 0.342 e. The van der Waals surface area contributed by atoms with E-state index in [1.807, 2.05) is 19.1 Å². The molecule has 0 aliphatic carbocycles. The van der Waals surface area contributed by atoms with Gasteiger partial charge in [-0.25, -0.2) is 4.79 Å². The van der Waals surface area contributed by atoms with Crippen LogP contribution in [0.15, 0.2) is 48.5 Å². The Morgan fingerprint density at radius 3 is 2.30 bits per heavy atom. The summed E-state index contributed by atoms with van der Waals surface area (Å²) in [5, 5.41) is 2.84. The van der Waals surface area contributed by atoms with Gasteiger partial charge in [0.2, 0.25) is 0 Å². The average molecular weight is 369 g/mol. The van der Waals surface area contributed by atoms with Crippen molar-refractivity contribution in [1.29, 1.82) is 0 Å². The number of esters is 1. The highest BCUT2D eigenvalue weighted by atomic mass is 16.5. The largest absolute Gasteiger partial charge is 0.496 e. The number of amides is 1. The monoisotopic (exact) mass is 369 g/mol. The Bertz CT molecular complexity index is 768. The standard InChI is InChI=1S/C22H27NO4/c1-15(2)13-17-9-11-18(12-10-17)16(3)23-21(24)14-27-22(25)19-7-5-6-8-20(19)26-4/h5-12,15-16H,13-14H2,1-4H3,(H,23,24)/t16-/m1/s1. The zero-order valence-corrected chi connectivity index (χ0v) is 16.3. The number of carbonyl (C=O) groups excluding carboxylic acids is 2. The molecule has 0 aliphatic rings. The molecule has 0 heterocycles. The topological polar surface area (TPSA) is 64.6 Å². The summed E-state index contributed by atoms with van der Waals surface area (Å²) in [4.78, 5) is 24.2. The van der Waals surface area contributed by atoms with E-state index in [4.69, 9.17) is 9.47 Å². The highest BCUT2D eigenvalue weighted by molar-refractivity contribution is 5.94. The first-order chi connectivity index (χ1) is 12.9. The van der Waals surface area contributed by atoms with Gasteiger partial charge in [0.15, 0.2) is 6.61 Å². The summed E-state index contributed by atoms with van der Waals surface area (Å²) in [5.41, 5.74) is 2.58. The fourth-order valence-corrected chi connectivity index (χ4v) is 2.80. The molecule has 0 unspecified atom stereocenters. The summed E-state index contributed by atoms with van der Waals surface area (Å²) in [5.74, 6) is 0.0777. The molecule has 0 saturated carbocycles. The summed E-state index contributed by atoms with van der Waals surface area (Å²) in [6.45, 7) is 5.93. The molecule has 144 valence electrons.